The lowest BCUT2D eigenvalue weighted by molar-refractivity contribution is -0.116. The van der Waals surface area contributed by atoms with Crippen molar-refractivity contribution in [3.05, 3.63) is 59.7 Å². The van der Waals surface area contributed by atoms with Crippen LogP contribution < -0.4 is 10.6 Å². The summed E-state index contributed by atoms with van der Waals surface area (Å²) in [6, 6.07) is 12.7. The Bertz CT molecular complexity index is 1100. The average Bonchev–Trinajstić information content (AvgIpc) is 2.95. The molecular weight excluding hydrogens is 418 g/mol. The Morgan fingerprint density at radius 1 is 1.00 bits per heavy atom. The normalized spacial score (nSPS) is 14.2. The standard InChI is InChI=1S/C22H25N3O5S/c1-2-3-14-23-21(27)16-9-4-6-11-18(16)24-20(26)13-8-15-25-22(28)17-10-5-7-12-19(17)31(25,29)30/h4-7,9-12H,2-3,8,13-15H2,1H3,(H,23,27)(H,24,26). The fourth-order valence-corrected chi connectivity index (χ4v) is 4.92. The summed E-state index contributed by atoms with van der Waals surface area (Å²) in [4.78, 5) is 37.1. The van der Waals surface area contributed by atoms with Crippen LogP contribution in [-0.4, -0.2) is 43.5 Å². The van der Waals surface area contributed by atoms with Gasteiger partial charge in [0.25, 0.3) is 21.8 Å². The second kappa shape index (κ2) is 9.74. The van der Waals surface area contributed by atoms with E-state index < -0.39 is 15.9 Å². The van der Waals surface area contributed by atoms with Gasteiger partial charge in [0.2, 0.25) is 5.91 Å². The highest BCUT2D eigenvalue weighted by atomic mass is 32.2. The molecule has 2 aromatic carbocycles. The van der Waals surface area contributed by atoms with Gasteiger partial charge in [0, 0.05) is 19.5 Å². The summed E-state index contributed by atoms with van der Waals surface area (Å²) < 4.78 is 25.9. The van der Waals surface area contributed by atoms with Gasteiger partial charge < -0.3 is 10.6 Å². The van der Waals surface area contributed by atoms with Crippen LogP contribution in [0.5, 0.6) is 0 Å². The van der Waals surface area contributed by atoms with Gasteiger partial charge in [0.05, 0.1) is 16.8 Å². The van der Waals surface area contributed by atoms with E-state index in [0.717, 1.165) is 17.1 Å². The molecule has 31 heavy (non-hydrogen) atoms. The van der Waals surface area contributed by atoms with E-state index in [9.17, 15) is 22.8 Å². The van der Waals surface area contributed by atoms with Crippen molar-refractivity contribution in [3.8, 4) is 0 Å². The fourth-order valence-electron chi connectivity index (χ4n) is 3.31. The SMILES string of the molecule is CCCCNC(=O)c1ccccc1NC(=O)CCCN1C(=O)c2ccccc2S1(=O)=O. The van der Waals surface area contributed by atoms with Crippen molar-refractivity contribution >= 4 is 33.4 Å². The molecule has 0 spiro atoms. The van der Waals surface area contributed by atoms with Crippen LogP contribution in [0.1, 0.15) is 53.3 Å². The molecular formula is C22H25N3O5S. The Labute approximate surface area is 181 Å². The number of para-hydroxylation sites is 1. The van der Waals surface area contributed by atoms with Gasteiger partial charge in [0.1, 0.15) is 4.90 Å². The lowest BCUT2D eigenvalue weighted by Crippen LogP contribution is -2.31. The lowest BCUT2D eigenvalue weighted by Gasteiger charge is -2.15. The highest BCUT2D eigenvalue weighted by molar-refractivity contribution is 7.90. The molecule has 3 rings (SSSR count). The van der Waals surface area contributed by atoms with Crippen LogP contribution in [0.4, 0.5) is 5.69 Å². The molecule has 0 radical (unpaired) electrons. The van der Waals surface area contributed by atoms with E-state index in [1.54, 1.807) is 36.4 Å². The molecule has 9 heteroatoms. The van der Waals surface area contributed by atoms with Gasteiger partial charge in [-0.15, -0.1) is 0 Å². The van der Waals surface area contributed by atoms with Crippen molar-refractivity contribution in [2.24, 2.45) is 0 Å². The highest BCUT2D eigenvalue weighted by Crippen LogP contribution is 2.30. The third kappa shape index (κ3) is 4.93. The zero-order valence-electron chi connectivity index (χ0n) is 17.3. The molecule has 0 aliphatic carbocycles. The molecule has 0 saturated heterocycles. The first-order valence-electron chi connectivity index (χ1n) is 10.2. The molecule has 8 nitrogen and oxygen atoms in total. The van der Waals surface area contributed by atoms with Gasteiger partial charge in [0.15, 0.2) is 0 Å². The number of hydrogen-bond donors (Lipinski definition) is 2. The van der Waals surface area contributed by atoms with E-state index in [1.165, 1.54) is 12.1 Å². The summed E-state index contributed by atoms with van der Waals surface area (Å²) in [6.45, 7) is 2.49. The summed E-state index contributed by atoms with van der Waals surface area (Å²) in [5, 5.41) is 5.52. The maximum Gasteiger partial charge on any atom is 0.269 e. The number of hydrogen-bond acceptors (Lipinski definition) is 5. The van der Waals surface area contributed by atoms with Gasteiger partial charge in [-0.3, -0.25) is 14.4 Å². The number of rotatable bonds is 9. The van der Waals surface area contributed by atoms with Crippen molar-refractivity contribution < 1.29 is 22.8 Å². The summed E-state index contributed by atoms with van der Waals surface area (Å²) in [5.74, 6) is -1.21. The van der Waals surface area contributed by atoms with Gasteiger partial charge in [-0.2, -0.15) is 0 Å². The second-order valence-electron chi connectivity index (χ2n) is 7.19. The number of nitrogens with one attached hydrogen (secondary N) is 2. The Morgan fingerprint density at radius 3 is 2.45 bits per heavy atom. The van der Waals surface area contributed by atoms with Crippen molar-refractivity contribution in [2.45, 2.75) is 37.5 Å². The largest absolute Gasteiger partial charge is 0.352 e. The molecule has 2 aromatic rings. The number of carbonyl (C=O) groups excluding carboxylic acids is 3. The number of unbranched alkanes of at least 4 members (excludes halogenated alkanes) is 1. The molecule has 0 fully saturated rings. The third-order valence-corrected chi connectivity index (χ3v) is 6.78. The first-order chi connectivity index (χ1) is 14.9. The van der Waals surface area contributed by atoms with E-state index in [1.807, 2.05) is 6.92 Å². The quantitative estimate of drug-likeness (QED) is 0.579. The van der Waals surface area contributed by atoms with E-state index in [-0.39, 0.29) is 41.7 Å². The Kier molecular flexibility index (Phi) is 7.06. The van der Waals surface area contributed by atoms with Crippen LogP contribution in [-0.2, 0) is 14.8 Å². The van der Waals surface area contributed by atoms with Gasteiger partial charge in [-0.05, 0) is 37.1 Å². The van der Waals surface area contributed by atoms with Crippen LogP contribution >= 0.6 is 0 Å². The predicted octanol–water partition coefficient (Wildman–Crippen LogP) is 2.78. The minimum atomic E-state index is -3.88. The molecule has 0 unspecified atom stereocenters. The number of anilines is 1. The van der Waals surface area contributed by atoms with Gasteiger partial charge >= 0.3 is 0 Å². The Morgan fingerprint density at radius 2 is 1.71 bits per heavy atom. The molecule has 0 saturated carbocycles. The van der Waals surface area contributed by atoms with Crippen molar-refractivity contribution in [1.82, 2.24) is 9.62 Å². The average molecular weight is 444 g/mol. The molecule has 3 amide bonds. The second-order valence-corrected chi connectivity index (χ2v) is 9.02. The van der Waals surface area contributed by atoms with E-state index in [0.29, 0.717) is 17.8 Å². The molecule has 2 N–H and O–H groups in total. The van der Waals surface area contributed by atoms with Crippen LogP contribution in [0.2, 0.25) is 0 Å². The topological polar surface area (TPSA) is 113 Å². The number of carbonyl (C=O) groups is 3. The Hall–Kier alpha value is -3.20. The van der Waals surface area contributed by atoms with Crippen LogP contribution in [0.15, 0.2) is 53.4 Å². The third-order valence-electron chi connectivity index (χ3n) is 4.94. The number of benzene rings is 2. The monoisotopic (exact) mass is 443 g/mol. The number of nitrogens with zero attached hydrogens (tertiary/aromatic N) is 1. The van der Waals surface area contributed by atoms with E-state index in [2.05, 4.69) is 10.6 Å². The van der Waals surface area contributed by atoms with Crippen molar-refractivity contribution in [2.75, 3.05) is 18.4 Å². The first-order valence-corrected chi connectivity index (χ1v) is 11.6. The zero-order chi connectivity index (χ0) is 22.4. The predicted molar refractivity (Wildman–Crippen MR) is 116 cm³/mol. The summed E-state index contributed by atoms with van der Waals surface area (Å²) in [7, 11) is -3.88. The summed E-state index contributed by atoms with van der Waals surface area (Å²) in [6.07, 6.45) is 1.98. The Balaban J connectivity index is 1.57. The molecule has 0 aromatic heterocycles. The molecule has 1 aliphatic heterocycles. The minimum absolute atomic E-state index is 0.00142. The van der Waals surface area contributed by atoms with Crippen LogP contribution in [0.3, 0.4) is 0 Å². The number of sulfonamides is 1. The van der Waals surface area contributed by atoms with Crippen LogP contribution in [0, 0.1) is 0 Å². The minimum Gasteiger partial charge on any atom is -0.352 e. The smallest absolute Gasteiger partial charge is 0.269 e. The first kappa shape index (κ1) is 22.5. The summed E-state index contributed by atoms with van der Waals surface area (Å²) >= 11 is 0. The van der Waals surface area contributed by atoms with Crippen molar-refractivity contribution in [3.63, 3.8) is 0 Å². The molecule has 164 valence electrons. The van der Waals surface area contributed by atoms with Gasteiger partial charge in [-0.25, -0.2) is 12.7 Å². The fraction of sp³-hybridized carbons (Fsp3) is 0.318. The van der Waals surface area contributed by atoms with Crippen molar-refractivity contribution in [1.29, 1.82) is 0 Å². The number of fused-ring (bicyclic) bond motifs is 1. The maximum absolute atomic E-state index is 12.5. The molecule has 1 aliphatic rings. The summed E-state index contributed by atoms with van der Waals surface area (Å²) in [5.41, 5.74) is 0.897. The van der Waals surface area contributed by atoms with Gasteiger partial charge in [-0.1, -0.05) is 37.6 Å². The van der Waals surface area contributed by atoms with E-state index >= 15 is 0 Å². The lowest BCUT2D eigenvalue weighted by atomic mass is 10.1. The maximum atomic E-state index is 12.5. The highest BCUT2D eigenvalue weighted by Gasteiger charge is 2.40. The molecule has 1 heterocycles. The molecule has 0 atom stereocenters. The number of amides is 3. The van der Waals surface area contributed by atoms with E-state index in [4.69, 9.17) is 0 Å². The molecule has 0 bridgehead atoms. The zero-order valence-corrected chi connectivity index (χ0v) is 18.1. The van der Waals surface area contributed by atoms with Crippen LogP contribution in [0.25, 0.3) is 0 Å².